The summed E-state index contributed by atoms with van der Waals surface area (Å²) in [6, 6.07) is 25.8. The number of ether oxygens (including phenoxy) is 1. The van der Waals surface area contributed by atoms with Gasteiger partial charge in [-0.3, -0.25) is 14.2 Å². The molecule has 0 radical (unpaired) electrons. The number of para-hydroxylation sites is 2. The molecule has 5 rings (SSSR count). The Morgan fingerprint density at radius 3 is 2.41 bits per heavy atom. The largest absolute Gasteiger partial charge is 0.495 e. The van der Waals surface area contributed by atoms with Crippen molar-refractivity contribution in [2.24, 2.45) is 0 Å². The van der Waals surface area contributed by atoms with Gasteiger partial charge in [-0.15, -0.1) is 10.2 Å². The number of unbranched alkanes of at least 4 members (excludes halogenated alkanes) is 1. The molecule has 3 aromatic carbocycles. The van der Waals surface area contributed by atoms with Crippen molar-refractivity contribution in [3.05, 3.63) is 90.0 Å². The highest BCUT2D eigenvalue weighted by Crippen LogP contribution is 2.32. The van der Waals surface area contributed by atoms with E-state index in [1.165, 1.54) is 5.56 Å². The van der Waals surface area contributed by atoms with E-state index in [4.69, 9.17) is 4.74 Å². The second-order valence-corrected chi connectivity index (χ2v) is 12.2. The molecule has 0 N–H and O–H groups in total. The number of thioether (sulfide) groups is 1. The van der Waals surface area contributed by atoms with Crippen LogP contribution in [0.4, 0.5) is 0 Å². The molecule has 230 valence electrons. The number of nitrogens with zero attached hydrogens (tertiary/aromatic N) is 5. The van der Waals surface area contributed by atoms with E-state index in [1.807, 2.05) is 88.0 Å². The fourth-order valence-electron chi connectivity index (χ4n) is 5.56. The average molecular weight is 612 g/mol. The van der Waals surface area contributed by atoms with E-state index >= 15 is 0 Å². The second kappa shape index (κ2) is 15.1. The van der Waals surface area contributed by atoms with Gasteiger partial charge in [0.25, 0.3) is 5.91 Å². The molecule has 9 heteroatoms. The molecule has 1 saturated heterocycles. The summed E-state index contributed by atoms with van der Waals surface area (Å²) in [6.07, 6.45) is 4.50. The molecule has 4 aromatic rings. The fraction of sp³-hybridized carbons (Fsp3) is 0.371. The van der Waals surface area contributed by atoms with Crippen molar-refractivity contribution in [1.82, 2.24) is 24.6 Å². The summed E-state index contributed by atoms with van der Waals surface area (Å²) in [6.45, 7) is 5.86. The molecule has 2 amide bonds. The number of rotatable bonds is 12. The van der Waals surface area contributed by atoms with E-state index < -0.39 is 0 Å². The van der Waals surface area contributed by atoms with Gasteiger partial charge in [0.15, 0.2) is 11.0 Å². The van der Waals surface area contributed by atoms with Crippen LogP contribution in [0.2, 0.25) is 0 Å². The Hall–Kier alpha value is -4.11. The maximum absolute atomic E-state index is 13.2. The predicted molar refractivity (Wildman–Crippen MR) is 175 cm³/mol. The number of hydrogen-bond acceptors (Lipinski definition) is 6. The SMILES string of the molecule is CCCCc1ccc(C(=O)N2CCN(C(=O)CCCSc3nnc(-c4ccccc4)n3-c3ccccc3OC)CC2C)cc1. The van der Waals surface area contributed by atoms with Crippen molar-refractivity contribution in [3.8, 4) is 22.8 Å². The molecule has 1 aromatic heterocycles. The summed E-state index contributed by atoms with van der Waals surface area (Å²) in [5.74, 6) is 2.36. The molecule has 1 atom stereocenters. The topological polar surface area (TPSA) is 80.6 Å². The molecule has 8 nitrogen and oxygen atoms in total. The van der Waals surface area contributed by atoms with Gasteiger partial charge in [-0.2, -0.15) is 0 Å². The van der Waals surface area contributed by atoms with Gasteiger partial charge in [0, 0.05) is 49.0 Å². The predicted octanol–water partition coefficient (Wildman–Crippen LogP) is 6.53. The van der Waals surface area contributed by atoms with Crippen LogP contribution in [0.1, 0.15) is 55.5 Å². The highest BCUT2D eigenvalue weighted by atomic mass is 32.2. The summed E-state index contributed by atoms with van der Waals surface area (Å²) in [4.78, 5) is 30.2. The number of hydrogen-bond donors (Lipinski definition) is 0. The Morgan fingerprint density at radius 1 is 0.932 bits per heavy atom. The zero-order valence-electron chi connectivity index (χ0n) is 25.8. The maximum Gasteiger partial charge on any atom is 0.254 e. The van der Waals surface area contributed by atoms with Gasteiger partial charge >= 0.3 is 0 Å². The van der Waals surface area contributed by atoms with Crippen LogP contribution in [0.15, 0.2) is 84.0 Å². The van der Waals surface area contributed by atoms with Crippen LogP contribution in [0.3, 0.4) is 0 Å². The first-order valence-corrected chi connectivity index (χ1v) is 16.4. The lowest BCUT2D eigenvalue weighted by Crippen LogP contribution is -2.55. The summed E-state index contributed by atoms with van der Waals surface area (Å²) >= 11 is 1.58. The zero-order chi connectivity index (χ0) is 30.9. The monoisotopic (exact) mass is 611 g/mol. The minimum absolute atomic E-state index is 0.0369. The Kier molecular flexibility index (Phi) is 10.7. The number of carbonyl (C=O) groups is 2. The molecule has 1 fully saturated rings. The first-order chi connectivity index (χ1) is 21.5. The normalized spacial score (nSPS) is 14.9. The molecule has 44 heavy (non-hydrogen) atoms. The van der Waals surface area contributed by atoms with E-state index in [2.05, 4.69) is 29.3 Å². The van der Waals surface area contributed by atoms with Crippen LogP contribution in [-0.2, 0) is 11.2 Å². The van der Waals surface area contributed by atoms with Gasteiger partial charge in [-0.25, -0.2) is 0 Å². The molecule has 0 aliphatic carbocycles. The van der Waals surface area contributed by atoms with E-state index in [0.29, 0.717) is 38.0 Å². The summed E-state index contributed by atoms with van der Waals surface area (Å²) in [5, 5.41) is 9.79. The molecule has 0 bridgehead atoms. The summed E-state index contributed by atoms with van der Waals surface area (Å²) in [5.41, 5.74) is 3.81. The smallest absolute Gasteiger partial charge is 0.254 e. The van der Waals surface area contributed by atoms with Crippen LogP contribution in [0.5, 0.6) is 5.75 Å². The molecule has 1 aliphatic heterocycles. The van der Waals surface area contributed by atoms with Crippen LogP contribution < -0.4 is 4.74 Å². The van der Waals surface area contributed by atoms with Crippen molar-refractivity contribution in [3.63, 3.8) is 0 Å². The van der Waals surface area contributed by atoms with Crippen LogP contribution in [0.25, 0.3) is 17.1 Å². The van der Waals surface area contributed by atoms with Gasteiger partial charge in [-0.05, 0) is 56.0 Å². The number of amides is 2. The van der Waals surface area contributed by atoms with Gasteiger partial charge < -0.3 is 14.5 Å². The highest BCUT2D eigenvalue weighted by Gasteiger charge is 2.30. The number of aryl methyl sites for hydroxylation is 1. The minimum Gasteiger partial charge on any atom is -0.495 e. The van der Waals surface area contributed by atoms with E-state index in [9.17, 15) is 9.59 Å². The second-order valence-electron chi connectivity index (χ2n) is 11.1. The lowest BCUT2D eigenvalue weighted by molar-refractivity contribution is -0.133. The van der Waals surface area contributed by atoms with Gasteiger partial charge in [0.1, 0.15) is 5.75 Å². The Balaban J connectivity index is 1.16. The standard InChI is InChI=1S/C35H41N5O3S/c1-4-5-12-27-18-20-29(21-19-27)34(42)39-23-22-38(25-26(39)2)32(41)17-11-24-44-35-37-36-33(28-13-7-6-8-14-28)40(35)30-15-9-10-16-31(30)43-3/h6-10,13-16,18-21,26H,4-5,11-12,17,22-25H2,1-3H3. The quantitative estimate of drug-likeness (QED) is 0.134. The number of carbonyl (C=O) groups excluding carboxylic acids is 2. The number of aromatic nitrogens is 3. The minimum atomic E-state index is -0.0369. The van der Waals surface area contributed by atoms with Crippen molar-refractivity contribution in [1.29, 1.82) is 0 Å². The Labute approximate surface area is 264 Å². The molecular formula is C35H41N5O3S. The van der Waals surface area contributed by atoms with Gasteiger partial charge in [0.2, 0.25) is 5.91 Å². The van der Waals surface area contributed by atoms with Gasteiger partial charge in [-0.1, -0.05) is 79.7 Å². The first-order valence-electron chi connectivity index (χ1n) is 15.4. The molecule has 0 spiro atoms. The van der Waals surface area contributed by atoms with Gasteiger partial charge in [0.05, 0.1) is 12.8 Å². The van der Waals surface area contributed by atoms with Crippen molar-refractivity contribution < 1.29 is 14.3 Å². The van der Waals surface area contributed by atoms with E-state index in [-0.39, 0.29) is 17.9 Å². The van der Waals surface area contributed by atoms with Crippen LogP contribution >= 0.6 is 11.8 Å². The number of methoxy groups -OCH3 is 1. The number of benzene rings is 3. The molecule has 2 heterocycles. The lowest BCUT2D eigenvalue weighted by atomic mass is 10.0. The molecule has 0 saturated carbocycles. The van der Waals surface area contributed by atoms with Crippen molar-refractivity contribution in [2.75, 3.05) is 32.5 Å². The first kappa shape index (κ1) is 31.3. The van der Waals surface area contributed by atoms with Crippen molar-refractivity contribution in [2.45, 2.75) is 57.1 Å². The molecular weight excluding hydrogens is 570 g/mol. The highest BCUT2D eigenvalue weighted by molar-refractivity contribution is 7.99. The summed E-state index contributed by atoms with van der Waals surface area (Å²) in [7, 11) is 1.66. The van der Waals surface area contributed by atoms with Crippen LogP contribution in [0, 0.1) is 0 Å². The number of piperazine rings is 1. The Morgan fingerprint density at radius 2 is 1.68 bits per heavy atom. The average Bonchev–Trinajstić information content (AvgIpc) is 3.49. The lowest BCUT2D eigenvalue weighted by Gasteiger charge is -2.40. The van der Waals surface area contributed by atoms with E-state index in [0.717, 1.165) is 53.0 Å². The van der Waals surface area contributed by atoms with Crippen molar-refractivity contribution >= 4 is 23.6 Å². The maximum atomic E-state index is 13.2. The Bertz CT molecular complexity index is 1540. The van der Waals surface area contributed by atoms with Crippen LogP contribution in [-0.4, -0.2) is 74.9 Å². The molecule has 1 aliphatic rings. The zero-order valence-corrected chi connectivity index (χ0v) is 26.6. The third-order valence-corrected chi connectivity index (χ3v) is 9.03. The summed E-state index contributed by atoms with van der Waals surface area (Å²) < 4.78 is 7.68. The third kappa shape index (κ3) is 7.33. The van der Waals surface area contributed by atoms with E-state index in [1.54, 1.807) is 18.9 Å². The third-order valence-electron chi connectivity index (χ3n) is 8.02. The molecule has 1 unspecified atom stereocenters. The fourth-order valence-corrected chi connectivity index (χ4v) is 6.44.